The standard InChI is InChI=1S/C14H20OS/c1-4-14(3)13(11(2)10-15-14)16-12-8-6-5-7-9-12/h5-9,11,13H,4,10H2,1-3H3/t11-,13-,14+/m0/s1. The van der Waals surface area contributed by atoms with Crippen LogP contribution in [-0.2, 0) is 4.74 Å². The number of hydrogen-bond acceptors (Lipinski definition) is 2. The second-order valence-corrected chi connectivity index (χ2v) is 6.02. The third-order valence-corrected chi connectivity index (χ3v) is 5.26. The molecule has 0 aromatic heterocycles. The van der Waals surface area contributed by atoms with Crippen molar-refractivity contribution in [3.8, 4) is 0 Å². The van der Waals surface area contributed by atoms with Gasteiger partial charge in [-0.1, -0.05) is 32.0 Å². The maximum Gasteiger partial charge on any atom is 0.0777 e. The zero-order valence-electron chi connectivity index (χ0n) is 10.3. The molecule has 3 atom stereocenters. The van der Waals surface area contributed by atoms with Gasteiger partial charge in [0.2, 0.25) is 0 Å². The van der Waals surface area contributed by atoms with Gasteiger partial charge < -0.3 is 4.74 Å². The van der Waals surface area contributed by atoms with Crippen LogP contribution in [-0.4, -0.2) is 17.5 Å². The molecular weight excluding hydrogens is 216 g/mol. The Labute approximate surface area is 103 Å². The Morgan fingerprint density at radius 1 is 1.38 bits per heavy atom. The number of ether oxygens (including phenoxy) is 1. The van der Waals surface area contributed by atoms with Gasteiger partial charge in [0.05, 0.1) is 12.2 Å². The largest absolute Gasteiger partial charge is 0.374 e. The van der Waals surface area contributed by atoms with E-state index in [2.05, 4.69) is 51.1 Å². The van der Waals surface area contributed by atoms with Crippen molar-refractivity contribution in [2.45, 2.75) is 42.9 Å². The Kier molecular flexibility index (Phi) is 3.60. The Morgan fingerprint density at radius 3 is 2.69 bits per heavy atom. The van der Waals surface area contributed by atoms with Gasteiger partial charge in [-0.3, -0.25) is 0 Å². The minimum absolute atomic E-state index is 0.0416. The first kappa shape index (κ1) is 12.0. The van der Waals surface area contributed by atoms with Crippen LogP contribution in [0.1, 0.15) is 27.2 Å². The highest BCUT2D eigenvalue weighted by Crippen LogP contribution is 2.43. The van der Waals surface area contributed by atoms with Gasteiger partial charge in [-0.15, -0.1) is 11.8 Å². The summed E-state index contributed by atoms with van der Waals surface area (Å²) in [5.41, 5.74) is 0.0416. The van der Waals surface area contributed by atoms with E-state index in [-0.39, 0.29) is 5.60 Å². The highest BCUT2D eigenvalue weighted by atomic mass is 32.2. The van der Waals surface area contributed by atoms with Crippen molar-refractivity contribution in [1.82, 2.24) is 0 Å². The topological polar surface area (TPSA) is 9.23 Å². The molecule has 0 aliphatic carbocycles. The maximum atomic E-state index is 5.97. The fraction of sp³-hybridized carbons (Fsp3) is 0.571. The molecule has 0 spiro atoms. The molecule has 1 aliphatic rings. The fourth-order valence-corrected chi connectivity index (χ4v) is 3.69. The van der Waals surface area contributed by atoms with E-state index in [1.54, 1.807) is 0 Å². The number of benzene rings is 1. The van der Waals surface area contributed by atoms with E-state index >= 15 is 0 Å². The van der Waals surface area contributed by atoms with Gasteiger partial charge in [0.25, 0.3) is 0 Å². The van der Waals surface area contributed by atoms with Crippen LogP contribution in [0.4, 0.5) is 0 Å². The highest BCUT2D eigenvalue weighted by Gasteiger charge is 2.43. The van der Waals surface area contributed by atoms with Crippen LogP contribution in [0.5, 0.6) is 0 Å². The van der Waals surface area contributed by atoms with Crippen molar-refractivity contribution in [2.75, 3.05) is 6.61 Å². The molecule has 2 rings (SSSR count). The highest BCUT2D eigenvalue weighted by molar-refractivity contribution is 8.00. The van der Waals surface area contributed by atoms with Crippen molar-refractivity contribution in [1.29, 1.82) is 0 Å². The summed E-state index contributed by atoms with van der Waals surface area (Å²) in [6.07, 6.45) is 1.09. The number of hydrogen-bond donors (Lipinski definition) is 0. The third kappa shape index (κ3) is 2.28. The van der Waals surface area contributed by atoms with Crippen LogP contribution < -0.4 is 0 Å². The van der Waals surface area contributed by atoms with Crippen LogP contribution in [0.2, 0.25) is 0 Å². The fourth-order valence-electron chi connectivity index (χ4n) is 2.28. The molecule has 0 N–H and O–H groups in total. The molecule has 0 unspecified atom stereocenters. The summed E-state index contributed by atoms with van der Waals surface area (Å²) in [4.78, 5) is 1.35. The van der Waals surface area contributed by atoms with Crippen LogP contribution >= 0.6 is 11.8 Å². The Bertz CT molecular complexity index is 338. The first-order valence-corrected chi connectivity index (χ1v) is 6.89. The Morgan fingerprint density at radius 2 is 2.06 bits per heavy atom. The smallest absolute Gasteiger partial charge is 0.0777 e. The molecule has 1 heterocycles. The quantitative estimate of drug-likeness (QED) is 0.785. The number of thioether (sulfide) groups is 1. The second-order valence-electron chi connectivity index (χ2n) is 4.81. The third-order valence-electron chi connectivity index (χ3n) is 3.50. The molecule has 1 aromatic rings. The predicted octanol–water partition coefficient (Wildman–Crippen LogP) is 3.98. The summed E-state index contributed by atoms with van der Waals surface area (Å²) in [6, 6.07) is 10.6. The van der Waals surface area contributed by atoms with Gasteiger partial charge in [-0.05, 0) is 31.4 Å². The molecule has 88 valence electrons. The van der Waals surface area contributed by atoms with E-state index in [0.717, 1.165) is 13.0 Å². The van der Waals surface area contributed by atoms with Gasteiger partial charge in [-0.2, -0.15) is 0 Å². The van der Waals surface area contributed by atoms with Crippen molar-refractivity contribution < 1.29 is 4.74 Å². The molecule has 16 heavy (non-hydrogen) atoms. The maximum absolute atomic E-state index is 5.97. The van der Waals surface area contributed by atoms with Crippen LogP contribution in [0.3, 0.4) is 0 Å². The molecule has 0 bridgehead atoms. The van der Waals surface area contributed by atoms with Crippen molar-refractivity contribution in [2.24, 2.45) is 5.92 Å². The van der Waals surface area contributed by atoms with Gasteiger partial charge >= 0.3 is 0 Å². The molecule has 2 heteroatoms. The predicted molar refractivity (Wildman–Crippen MR) is 69.9 cm³/mol. The minimum Gasteiger partial charge on any atom is -0.374 e. The molecule has 1 aromatic carbocycles. The van der Waals surface area contributed by atoms with E-state index in [0.29, 0.717) is 11.2 Å². The molecule has 0 saturated carbocycles. The first-order chi connectivity index (χ1) is 7.65. The second kappa shape index (κ2) is 4.80. The Balaban J connectivity index is 2.13. The summed E-state index contributed by atoms with van der Waals surface area (Å²) in [5.74, 6) is 0.634. The van der Waals surface area contributed by atoms with Gasteiger partial charge in [0.1, 0.15) is 0 Å². The lowest BCUT2D eigenvalue weighted by Crippen LogP contribution is -2.34. The van der Waals surface area contributed by atoms with Gasteiger partial charge in [0.15, 0.2) is 0 Å². The monoisotopic (exact) mass is 236 g/mol. The van der Waals surface area contributed by atoms with E-state index in [4.69, 9.17) is 4.74 Å². The van der Waals surface area contributed by atoms with Crippen LogP contribution in [0.15, 0.2) is 35.2 Å². The normalized spacial score (nSPS) is 34.2. The lowest BCUT2D eigenvalue weighted by molar-refractivity contribution is 0.0189. The molecule has 1 aliphatic heterocycles. The van der Waals surface area contributed by atoms with Crippen molar-refractivity contribution in [3.63, 3.8) is 0 Å². The Hall–Kier alpha value is -0.470. The van der Waals surface area contributed by atoms with E-state index < -0.39 is 0 Å². The van der Waals surface area contributed by atoms with E-state index in [9.17, 15) is 0 Å². The SMILES string of the molecule is CC[C@@]1(C)OC[C@H](C)[C@@H]1Sc1ccccc1. The average Bonchev–Trinajstić information content (AvgIpc) is 2.60. The lowest BCUT2D eigenvalue weighted by atomic mass is 9.94. The van der Waals surface area contributed by atoms with Crippen molar-refractivity contribution >= 4 is 11.8 Å². The summed E-state index contributed by atoms with van der Waals surface area (Å²) >= 11 is 1.97. The molecular formula is C14H20OS. The zero-order valence-corrected chi connectivity index (χ0v) is 11.1. The lowest BCUT2D eigenvalue weighted by Gasteiger charge is -2.30. The van der Waals surface area contributed by atoms with E-state index in [1.807, 2.05) is 11.8 Å². The molecule has 1 fully saturated rings. The van der Waals surface area contributed by atoms with Crippen LogP contribution in [0.25, 0.3) is 0 Å². The molecule has 0 amide bonds. The van der Waals surface area contributed by atoms with Gasteiger partial charge in [-0.25, -0.2) is 0 Å². The zero-order chi connectivity index (χ0) is 11.6. The summed E-state index contributed by atoms with van der Waals surface area (Å²) in [6.45, 7) is 7.66. The summed E-state index contributed by atoms with van der Waals surface area (Å²) in [7, 11) is 0. The molecule has 1 saturated heterocycles. The summed E-state index contributed by atoms with van der Waals surface area (Å²) in [5, 5.41) is 0.569. The van der Waals surface area contributed by atoms with E-state index in [1.165, 1.54) is 4.90 Å². The molecule has 1 nitrogen and oxygen atoms in total. The number of rotatable bonds is 3. The van der Waals surface area contributed by atoms with Crippen LogP contribution in [0, 0.1) is 5.92 Å². The van der Waals surface area contributed by atoms with Crippen molar-refractivity contribution in [3.05, 3.63) is 30.3 Å². The van der Waals surface area contributed by atoms with Gasteiger partial charge in [0, 0.05) is 10.1 Å². The molecule has 0 radical (unpaired) electrons. The average molecular weight is 236 g/mol. The first-order valence-electron chi connectivity index (χ1n) is 6.01. The minimum atomic E-state index is 0.0416. The summed E-state index contributed by atoms with van der Waals surface area (Å²) < 4.78 is 5.97.